The fourth-order valence-electron chi connectivity index (χ4n) is 4.94. The maximum atomic E-state index is 13.5. The fraction of sp³-hybridized carbons (Fsp3) is 0.393. The van der Waals surface area contributed by atoms with E-state index >= 15 is 0 Å². The fourth-order valence-corrected chi connectivity index (χ4v) is 6.52. The molecule has 4 aromatic heterocycles. The van der Waals surface area contributed by atoms with Gasteiger partial charge in [-0.2, -0.15) is 11.8 Å². The Balaban J connectivity index is 1.51. The second-order valence-electron chi connectivity index (χ2n) is 9.66. The zero-order chi connectivity index (χ0) is 27.5. The number of aryl methyl sites for hydroxylation is 1. The van der Waals surface area contributed by atoms with Crippen molar-refractivity contribution in [2.24, 2.45) is 0 Å². The average Bonchev–Trinajstić information content (AvgIpc) is 3.63. The molecule has 1 aliphatic rings. The molecule has 4 aromatic rings. The Kier molecular flexibility index (Phi) is 8.55. The number of fused-ring (bicyclic) bond motifs is 1. The van der Waals surface area contributed by atoms with Gasteiger partial charge in [-0.05, 0) is 84.4 Å². The number of amides is 1. The Labute approximate surface area is 244 Å². The van der Waals surface area contributed by atoms with Crippen molar-refractivity contribution in [3.63, 3.8) is 0 Å². The summed E-state index contributed by atoms with van der Waals surface area (Å²) in [6.45, 7) is 5.43. The summed E-state index contributed by atoms with van der Waals surface area (Å²) >= 11 is 4.02. The van der Waals surface area contributed by atoms with Gasteiger partial charge in [-0.1, -0.05) is 13.8 Å². The van der Waals surface area contributed by atoms with E-state index in [2.05, 4.69) is 37.5 Å². The Morgan fingerprint density at radius 1 is 1.10 bits per heavy atom. The quantitative estimate of drug-likeness (QED) is 0.202. The molecule has 5 rings (SSSR count). The number of hydrogen-bond donors (Lipinski definition) is 1. The monoisotopic (exact) mass is 658 g/mol. The summed E-state index contributed by atoms with van der Waals surface area (Å²) in [5.41, 5.74) is 2.42. The summed E-state index contributed by atoms with van der Waals surface area (Å²) in [7, 11) is 0. The molecule has 5 heterocycles. The molecule has 0 aromatic carbocycles. The van der Waals surface area contributed by atoms with Crippen LogP contribution in [0.5, 0.6) is 0 Å². The Morgan fingerprint density at radius 2 is 1.90 bits per heavy atom. The van der Waals surface area contributed by atoms with Gasteiger partial charge in [-0.25, -0.2) is 14.8 Å². The SMILES string of the molecule is CCCn1c(=O)c2[nH]c(-c3ccc(N(CC4CCCS4)C(=O)c4ccc(I)nc4)nc3)cc2n(CCC)c1=O. The number of thioether (sulfide) groups is 1. The third-order valence-corrected chi connectivity index (χ3v) is 8.89. The number of carbonyl (C=O) groups is 1. The van der Waals surface area contributed by atoms with E-state index in [1.54, 1.807) is 27.9 Å². The van der Waals surface area contributed by atoms with E-state index in [0.717, 1.165) is 34.3 Å². The van der Waals surface area contributed by atoms with Crippen LogP contribution in [0, 0.1) is 3.70 Å². The molecule has 39 heavy (non-hydrogen) atoms. The minimum atomic E-state index is -0.308. The molecule has 11 heteroatoms. The first-order valence-electron chi connectivity index (χ1n) is 13.3. The molecule has 0 aliphatic carbocycles. The number of halogens is 1. The van der Waals surface area contributed by atoms with E-state index < -0.39 is 0 Å². The summed E-state index contributed by atoms with van der Waals surface area (Å²) in [6, 6.07) is 9.21. The van der Waals surface area contributed by atoms with E-state index in [4.69, 9.17) is 0 Å². The molecule has 1 fully saturated rings. The molecule has 0 bridgehead atoms. The van der Waals surface area contributed by atoms with Gasteiger partial charge >= 0.3 is 5.69 Å². The second-order valence-corrected chi connectivity index (χ2v) is 12.2. The van der Waals surface area contributed by atoms with E-state index in [9.17, 15) is 14.4 Å². The van der Waals surface area contributed by atoms with Crippen molar-refractivity contribution in [1.82, 2.24) is 24.1 Å². The predicted molar refractivity (Wildman–Crippen MR) is 165 cm³/mol. The molecular weight excluding hydrogens is 627 g/mol. The number of rotatable bonds is 9. The molecule has 204 valence electrons. The lowest BCUT2D eigenvalue weighted by Crippen LogP contribution is -2.39. The molecule has 0 radical (unpaired) electrons. The highest BCUT2D eigenvalue weighted by atomic mass is 127. The Morgan fingerprint density at radius 3 is 2.54 bits per heavy atom. The van der Waals surface area contributed by atoms with E-state index in [-0.39, 0.29) is 17.2 Å². The van der Waals surface area contributed by atoms with Crippen molar-refractivity contribution in [1.29, 1.82) is 0 Å². The number of anilines is 1. The minimum Gasteiger partial charge on any atom is -0.349 e. The number of aromatic nitrogens is 5. The van der Waals surface area contributed by atoms with E-state index in [1.807, 2.05) is 49.9 Å². The minimum absolute atomic E-state index is 0.127. The van der Waals surface area contributed by atoms with Crippen molar-refractivity contribution in [3.8, 4) is 11.3 Å². The van der Waals surface area contributed by atoms with Gasteiger partial charge in [0.2, 0.25) is 0 Å². The number of pyridine rings is 2. The molecule has 1 N–H and O–H groups in total. The van der Waals surface area contributed by atoms with Gasteiger partial charge in [0.25, 0.3) is 11.5 Å². The first-order valence-corrected chi connectivity index (χ1v) is 15.4. The smallest absolute Gasteiger partial charge is 0.331 e. The summed E-state index contributed by atoms with van der Waals surface area (Å²) in [5, 5.41) is 0.363. The van der Waals surface area contributed by atoms with Crippen LogP contribution in [0.2, 0.25) is 0 Å². The molecule has 0 spiro atoms. The highest BCUT2D eigenvalue weighted by Crippen LogP contribution is 2.30. The van der Waals surface area contributed by atoms with Crippen molar-refractivity contribution < 1.29 is 4.79 Å². The third-order valence-electron chi connectivity index (χ3n) is 6.87. The lowest BCUT2D eigenvalue weighted by molar-refractivity contribution is 0.0985. The molecule has 1 saturated heterocycles. The van der Waals surface area contributed by atoms with Crippen LogP contribution in [0.25, 0.3) is 22.3 Å². The van der Waals surface area contributed by atoms with Crippen molar-refractivity contribution in [3.05, 3.63) is 72.8 Å². The molecule has 9 nitrogen and oxygen atoms in total. The van der Waals surface area contributed by atoms with Crippen molar-refractivity contribution in [2.45, 2.75) is 57.9 Å². The standard InChI is InChI=1S/C28H31IN6O3S/c1-3-11-33-22-14-21(32-25(22)27(37)34(12-4-2)28(33)38)18-8-10-24(31-15-18)35(17-20-6-5-13-39-20)26(36)19-7-9-23(29)30-16-19/h7-10,14-16,20,32H,3-6,11-13,17H2,1-2H3. The summed E-state index contributed by atoms with van der Waals surface area (Å²) in [4.78, 5) is 53.7. The van der Waals surface area contributed by atoms with Gasteiger partial charge in [0.1, 0.15) is 15.0 Å². The topological polar surface area (TPSA) is 106 Å². The molecule has 1 aliphatic heterocycles. The predicted octanol–water partition coefficient (Wildman–Crippen LogP) is 4.92. The average molecular weight is 659 g/mol. The lowest BCUT2D eigenvalue weighted by atomic mass is 10.2. The molecule has 0 saturated carbocycles. The first-order chi connectivity index (χ1) is 18.9. The van der Waals surface area contributed by atoms with Gasteiger partial charge in [0.05, 0.1) is 11.1 Å². The first kappa shape index (κ1) is 27.6. The number of H-pyrrole nitrogens is 1. The number of nitrogens with one attached hydrogen (secondary N) is 1. The maximum Gasteiger partial charge on any atom is 0.331 e. The van der Waals surface area contributed by atoms with Crippen LogP contribution >= 0.6 is 34.4 Å². The number of nitrogens with zero attached hydrogens (tertiary/aromatic N) is 5. The zero-order valence-corrected chi connectivity index (χ0v) is 25.0. The van der Waals surface area contributed by atoms with Crippen LogP contribution in [0.15, 0.2) is 52.3 Å². The number of aromatic amines is 1. The van der Waals surface area contributed by atoms with E-state index in [1.165, 1.54) is 4.57 Å². The van der Waals surface area contributed by atoms with Crippen LogP contribution in [0.1, 0.15) is 49.9 Å². The Hall–Kier alpha value is -2.93. The van der Waals surface area contributed by atoms with Crippen LogP contribution in [0.3, 0.4) is 0 Å². The van der Waals surface area contributed by atoms with Crippen LogP contribution < -0.4 is 16.1 Å². The summed E-state index contributed by atoms with van der Waals surface area (Å²) in [5.74, 6) is 1.55. The third kappa shape index (κ3) is 5.69. The number of carbonyl (C=O) groups excluding carboxylic acids is 1. The highest BCUT2D eigenvalue weighted by Gasteiger charge is 2.26. The van der Waals surface area contributed by atoms with Crippen LogP contribution in [-0.4, -0.2) is 47.5 Å². The zero-order valence-electron chi connectivity index (χ0n) is 22.0. The largest absolute Gasteiger partial charge is 0.349 e. The van der Waals surface area contributed by atoms with Crippen molar-refractivity contribution in [2.75, 3.05) is 17.2 Å². The van der Waals surface area contributed by atoms with Crippen molar-refractivity contribution >= 4 is 57.1 Å². The van der Waals surface area contributed by atoms with Crippen LogP contribution in [0.4, 0.5) is 5.82 Å². The second kappa shape index (κ2) is 12.1. The maximum absolute atomic E-state index is 13.5. The molecule has 1 amide bonds. The number of hydrogen-bond acceptors (Lipinski definition) is 6. The van der Waals surface area contributed by atoms with Gasteiger partial charge in [-0.3, -0.25) is 23.6 Å². The normalized spacial score (nSPS) is 15.2. The highest BCUT2D eigenvalue weighted by molar-refractivity contribution is 14.1. The Bertz CT molecular complexity index is 1590. The van der Waals surface area contributed by atoms with Gasteiger partial charge in [0, 0.05) is 48.5 Å². The summed E-state index contributed by atoms with van der Waals surface area (Å²) in [6.07, 6.45) is 7.01. The van der Waals surface area contributed by atoms with Gasteiger partial charge in [-0.15, -0.1) is 0 Å². The molecular formula is C28H31IN6O3S. The molecule has 1 unspecified atom stereocenters. The van der Waals surface area contributed by atoms with Gasteiger partial charge < -0.3 is 4.98 Å². The van der Waals surface area contributed by atoms with E-state index in [0.29, 0.717) is 59.4 Å². The summed E-state index contributed by atoms with van der Waals surface area (Å²) < 4.78 is 3.81. The van der Waals surface area contributed by atoms with Gasteiger partial charge in [0.15, 0.2) is 0 Å². The molecule has 1 atom stereocenters. The van der Waals surface area contributed by atoms with Crippen LogP contribution in [-0.2, 0) is 13.1 Å². The lowest BCUT2D eigenvalue weighted by Gasteiger charge is -2.24.